The molecule has 0 spiro atoms. The predicted octanol–water partition coefficient (Wildman–Crippen LogP) is 5.80. The van der Waals surface area contributed by atoms with E-state index in [2.05, 4.69) is 0 Å². The van der Waals surface area contributed by atoms with Gasteiger partial charge in [0.05, 0.1) is 5.92 Å². The summed E-state index contributed by atoms with van der Waals surface area (Å²) in [6, 6.07) is 17.6. The molecule has 0 heterocycles. The summed E-state index contributed by atoms with van der Waals surface area (Å²) in [5.74, 6) is -1.16. The van der Waals surface area contributed by atoms with E-state index in [1.54, 1.807) is 18.2 Å². The highest BCUT2D eigenvalue weighted by molar-refractivity contribution is 6.14. The first-order valence-electron chi connectivity index (χ1n) is 9.44. The number of hydrogen-bond donors (Lipinski definition) is 0. The van der Waals surface area contributed by atoms with Crippen LogP contribution in [0.25, 0.3) is 11.1 Å². The molecule has 0 saturated carbocycles. The molecule has 3 aromatic rings. The number of carbonyl (C=O) groups is 1. The standard InChI is InChI=1S/C25H18F2O/c1-14-6-2-3-7-15(14)20-12-18-16(8-4-10-22(18)26)24(20)21-13-19-17(25(21)28)9-5-11-23(19)27/h2-11,21H,12-13H2,1H3. The number of benzene rings is 3. The van der Waals surface area contributed by atoms with E-state index in [-0.39, 0.29) is 17.4 Å². The van der Waals surface area contributed by atoms with E-state index in [0.717, 1.165) is 27.8 Å². The van der Waals surface area contributed by atoms with Crippen LogP contribution < -0.4 is 0 Å². The summed E-state index contributed by atoms with van der Waals surface area (Å²) in [5, 5.41) is 0. The van der Waals surface area contributed by atoms with Crippen molar-refractivity contribution < 1.29 is 13.6 Å². The fourth-order valence-corrected chi connectivity index (χ4v) is 4.69. The fourth-order valence-electron chi connectivity index (χ4n) is 4.69. The number of ketones is 1. The third-order valence-corrected chi connectivity index (χ3v) is 6.02. The largest absolute Gasteiger partial charge is 0.293 e. The molecule has 3 heteroatoms. The van der Waals surface area contributed by atoms with Crippen molar-refractivity contribution in [1.29, 1.82) is 0 Å². The number of hydrogen-bond acceptors (Lipinski definition) is 1. The Bertz CT molecular complexity index is 1170. The van der Waals surface area contributed by atoms with E-state index in [1.807, 2.05) is 37.3 Å². The Hall–Kier alpha value is -3.07. The van der Waals surface area contributed by atoms with Gasteiger partial charge in [0, 0.05) is 12.0 Å². The summed E-state index contributed by atoms with van der Waals surface area (Å²) in [6.07, 6.45) is 0.770. The molecule has 5 rings (SSSR count). The van der Waals surface area contributed by atoms with Crippen LogP contribution in [0.3, 0.4) is 0 Å². The molecule has 0 aliphatic heterocycles. The van der Waals surface area contributed by atoms with Crippen LogP contribution in [0, 0.1) is 24.5 Å². The zero-order valence-electron chi connectivity index (χ0n) is 15.4. The number of allylic oxidation sites excluding steroid dienone is 2. The summed E-state index contributed by atoms with van der Waals surface area (Å²) < 4.78 is 28.9. The molecule has 1 nitrogen and oxygen atoms in total. The van der Waals surface area contributed by atoms with Crippen LogP contribution >= 0.6 is 0 Å². The van der Waals surface area contributed by atoms with Gasteiger partial charge >= 0.3 is 0 Å². The first kappa shape index (κ1) is 17.1. The van der Waals surface area contributed by atoms with Gasteiger partial charge in [0.15, 0.2) is 5.78 Å². The lowest BCUT2D eigenvalue weighted by molar-refractivity contribution is 0.0964. The Balaban J connectivity index is 1.74. The molecule has 0 radical (unpaired) electrons. The van der Waals surface area contributed by atoms with Crippen molar-refractivity contribution >= 4 is 16.9 Å². The summed E-state index contributed by atoms with van der Waals surface area (Å²) in [6.45, 7) is 2.02. The average molecular weight is 372 g/mol. The molecule has 0 amide bonds. The highest BCUT2D eigenvalue weighted by Gasteiger charge is 2.40. The molecule has 0 saturated heterocycles. The van der Waals surface area contributed by atoms with Gasteiger partial charge in [0.2, 0.25) is 0 Å². The van der Waals surface area contributed by atoms with Gasteiger partial charge in [-0.2, -0.15) is 0 Å². The van der Waals surface area contributed by atoms with E-state index < -0.39 is 5.92 Å². The molecule has 1 atom stereocenters. The van der Waals surface area contributed by atoms with Crippen molar-refractivity contribution in [2.24, 2.45) is 5.92 Å². The monoisotopic (exact) mass is 372 g/mol. The molecule has 3 aromatic carbocycles. The lowest BCUT2D eigenvalue weighted by Crippen LogP contribution is -2.12. The average Bonchev–Trinajstić information content (AvgIpc) is 3.22. The Kier molecular flexibility index (Phi) is 3.80. The van der Waals surface area contributed by atoms with Crippen molar-refractivity contribution in [2.75, 3.05) is 0 Å². The predicted molar refractivity (Wildman–Crippen MR) is 106 cm³/mol. The third-order valence-electron chi connectivity index (χ3n) is 6.02. The molecule has 2 aliphatic carbocycles. The minimum atomic E-state index is -0.482. The smallest absolute Gasteiger partial charge is 0.171 e. The van der Waals surface area contributed by atoms with Crippen molar-refractivity contribution in [3.8, 4) is 0 Å². The highest BCUT2D eigenvalue weighted by Crippen LogP contribution is 2.48. The normalized spacial score (nSPS) is 17.8. The van der Waals surface area contributed by atoms with Crippen molar-refractivity contribution in [3.63, 3.8) is 0 Å². The second kappa shape index (κ2) is 6.23. The molecule has 0 bridgehead atoms. The van der Waals surface area contributed by atoms with Gasteiger partial charge in [-0.3, -0.25) is 4.79 Å². The minimum absolute atomic E-state index is 0.0762. The number of aryl methyl sites for hydroxylation is 1. The zero-order chi connectivity index (χ0) is 19.4. The van der Waals surface area contributed by atoms with Crippen LogP contribution in [0.5, 0.6) is 0 Å². The van der Waals surface area contributed by atoms with E-state index in [4.69, 9.17) is 0 Å². The summed E-state index contributed by atoms with van der Waals surface area (Å²) in [7, 11) is 0. The lowest BCUT2D eigenvalue weighted by atomic mass is 9.86. The molecule has 28 heavy (non-hydrogen) atoms. The van der Waals surface area contributed by atoms with Crippen LogP contribution in [0.4, 0.5) is 8.78 Å². The lowest BCUT2D eigenvalue weighted by Gasteiger charge is -2.16. The highest BCUT2D eigenvalue weighted by atomic mass is 19.1. The quantitative estimate of drug-likeness (QED) is 0.556. The van der Waals surface area contributed by atoms with Crippen molar-refractivity contribution in [1.82, 2.24) is 0 Å². The van der Waals surface area contributed by atoms with E-state index >= 15 is 0 Å². The number of fused-ring (bicyclic) bond motifs is 2. The first-order chi connectivity index (χ1) is 13.6. The maximum absolute atomic E-state index is 14.6. The fraction of sp³-hybridized carbons (Fsp3) is 0.160. The molecule has 0 N–H and O–H groups in total. The number of Topliss-reactive ketones (excluding diaryl/α,β-unsaturated/α-hetero) is 1. The van der Waals surface area contributed by atoms with E-state index in [1.165, 1.54) is 12.1 Å². The van der Waals surface area contributed by atoms with Crippen molar-refractivity contribution in [2.45, 2.75) is 19.8 Å². The van der Waals surface area contributed by atoms with Crippen LogP contribution in [0.15, 0.2) is 60.7 Å². The van der Waals surface area contributed by atoms with Crippen LogP contribution in [-0.2, 0) is 12.8 Å². The third kappa shape index (κ3) is 2.39. The molecule has 0 aromatic heterocycles. The maximum Gasteiger partial charge on any atom is 0.171 e. The first-order valence-corrected chi connectivity index (χ1v) is 9.44. The Morgan fingerprint density at radius 2 is 1.43 bits per heavy atom. The number of carbonyl (C=O) groups excluding carboxylic acids is 1. The van der Waals surface area contributed by atoms with Gasteiger partial charge in [-0.1, -0.05) is 48.5 Å². The van der Waals surface area contributed by atoms with Gasteiger partial charge in [-0.05, 0) is 64.4 Å². The second-order valence-electron chi connectivity index (χ2n) is 7.54. The number of rotatable bonds is 2. The molecular formula is C25H18F2O. The summed E-state index contributed by atoms with van der Waals surface area (Å²) in [5.41, 5.74) is 6.26. The Morgan fingerprint density at radius 1 is 0.786 bits per heavy atom. The van der Waals surface area contributed by atoms with E-state index in [0.29, 0.717) is 29.5 Å². The van der Waals surface area contributed by atoms with Crippen LogP contribution in [0.2, 0.25) is 0 Å². The zero-order valence-corrected chi connectivity index (χ0v) is 15.4. The van der Waals surface area contributed by atoms with Crippen molar-refractivity contribution in [3.05, 3.63) is 106 Å². The van der Waals surface area contributed by atoms with Gasteiger partial charge in [0.25, 0.3) is 0 Å². The SMILES string of the molecule is Cc1ccccc1C1=C(C2Cc3c(F)cccc3C2=O)c2cccc(F)c2C1. The number of halogens is 2. The minimum Gasteiger partial charge on any atom is -0.293 e. The second-order valence-corrected chi connectivity index (χ2v) is 7.54. The van der Waals surface area contributed by atoms with Crippen LogP contribution in [-0.4, -0.2) is 5.78 Å². The Morgan fingerprint density at radius 3 is 2.14 bits per heavy atom. The molecular weight excluding hydrogens is 354 g/mol. The Labute approximate surface area is 162 Å². The summed E-state index contributed by atoms with van der Waals surface area (Å²) >= 11 is 0. The maximum atomic E-state index is 14.6. The molecule has 2 aliphatic rings. The van der Waals surface area contributed by atoms with E-state index in [9.17, 15) is 13.6 Å². The molecule has 1 unspecified atom stereocenters. The topological polar surface area (TPSA) is 17.1 Å². The van der Waals surface area contributed by atoms with Gasteiger partial charge in [-0.25, -0.2) is 8.78 Å². The van der Waals surface area contributed by atoms with Gasteiger partial charge in [-0.15, -0.1) is 0 Å². The summed E-state index contributed by atoms with van der Waals surface area (Å²) in [4.78, 5) is 13.2. The van der Waals surface area contributed by atoms with Gasteiger partial charge < -0.3 is 0 Å². The molecule has 0 fully saturated rings. The van der Waals surface area contributed by atoms with Crippen LogP contribution in [0.1, 0.15) is 38.2 Å². The van der Waals surface area contributed by atoms with Gasteiger partial charge in [0.1, 0.15) is 11.6 Å². The molecule has 138 valence electrons.